The first-order chi connectivity index (χ1) is 12.7. The minimum absolute atomic E-state index is 0.219. The molecule has 1 aromatic carbocycles. The van der Waals surface area contributed by atoms with Crippen molar-refractivity contribution in [3.8, 4) is 11.3 Å². The highest BCUT2D eigenvalue weighted by Crippen LogP contribution is 2.31. The summed E-state index contributed by atoms with van der Waals surface area (Å²) in [7, 11) is 0. The lowest BCUT2D eigenvalue weighted by Gasteiger charge is -2.18. The number of carbonyl (C=O) groups is 1. The first-order valence-electron chi connectivity index (χ1n) is 9.01. The fraction of sp³-hybridized carbons (Fsp3) is 0.350. The first-order valence-corrected chi connectivity index (χ1v) is 9.80. The summed E-state index contributed by atoms with van der Waals surface area (Å²) >= 11 is 3.51. The average Bonchev–Trinajstić information content (AvgIpc) is 3.16. The molecule has 1 fully saturated rings. The number of carbonyl (C=O) groups excluding carboxylic acids is 1. The maximum absolute atomic E-state index is 12.4. The molecule has 1 saturated heterocycles. The minimum atomic E-state index is 0.219. The number of benzene rings is 1. The molecular weight excluding hydrogens is 392 g/mol. The van der Waals surface area contributed by atoms with Crippen molar-refractivity contribution < 1.29 is 4.79 Å². The Labute approximate surface area is 161 Å². The summed E-state index contributed by atoms with van der Waals surface area (Å²) in [5, 5.41) is 5.68. The summed E-state index contributed by atoms with van der Waals surface area (Å²) in [6.07, 6.45) is 4.62. The van der Waals surface area contributed by atoms with Gasteiger partial charge in [-0.1, -0.05) is 43.7 Å². The van der Waals surface area contributed by atoms with E-state index in [4.69, 9.17) is 0 Å². The van der Waals surface area contributed by atoms with Crippen molar-refractivity contribution in [1.29, 1.82) is 0 Å². The molecule has 4 rings (SSSR count). The number of hydrogen-bond donors (Lipinski definition) is 0. The van der Waals surface area contributed by atoms with Crippen LogP contribution < -0.4 is 0 Å². The summed E-state index contributed by atoms with van der Waals surface area (Å²) in [4.78, 5) is 18.8. The van der Waals surface area contributed by atoms with Crippen molar-refractivity contribution in [3.05, 3.63) is 47.1 Å². The second-order valence-electron chi connectivity index (χ2n) is 6.86. The molecule has 1 unspecified atom stereocenters. The second kappa shape index (κ2) is 7.19. The predicted molar refractivity (Wildman–Crippen MR) is 105 cm³/mol. The zero-order valence-electron chi connectivity index (χ0n) is 14.7. The second-order valence-corrected chi connectivity index (χ2v) is 7.77. The Balaban J connectivity index is 1.74. The number of likely N-dealkylation sites (tertiary alicyclic amines) is 1. The van der Waals surface area contributed by atoms with Crippen LogP contribution in [0.1, 0.15) is 26.2 Å². The topological polar surface area (TPSA) is 51.0 Å². The molecule has 0 N–H and O–H groups in total. The van der Waals surface area contributed by atoms with E-state index in [2.05, 4.69) is 45.1 Å². The SMILES string of the molecule is CCCC1CC(=O)N(Cn2nc3ncc(Br)cc3c2-c2ccccc2)C1. The van der Waals surface area contributed by atoms with Crippen molar-refractivity contribution in [3.63, 3.8) is 0 Å². The van der Waals surface area contributed by atoms with E-state index in [0.717, 1.165) is 40.5 Å². The molecule has 1 aliphatic rings. The van der Waals surface area contributed by atoms with Crippen molar-refractivity contribution in [2.75, 3.05) is 6.54 Å². The van der Waals surface area contributed by atoms with Crippen LogP contribution in [0.15, 0.2) is 47.1 Å². The molecule has 0 bridgehead atoms. The smallest absolute Gasteiger partial charge is 0.224 e. The van der Waals surface area contributed by atoms with E-state index in [9.17, 15) is 4.79 Å². The maximum Gasteiger partial charge on any atom is 0.224 e. The van der Waals surface area contributed by atoms with E-state index in [1.165, 1.54) is 0 Å². The third kappa shape index (κ3) is 3.26. The highest BCUT2D eigenvalue weighted by molar-refractivity contribution is 9.10. The molecule has 1 aliphatic heterocycles. The molecule has 1 atom stereocenters. The zero-order valence-corrected chi connectivity index (χ0v) is 16.3. The molecule has 1 amide bonds. The molecular formula is C20H21BrN4O. The molecule has 0 aliphatic carbocycles. The van der Waals surface area contributed by atoms with Gasteiger partial charge in [-0.15, -0.1) is 0 Å². The summed E-state index contributed by atoms with van der Waals surface area (Å²) in [5.74, 6) is 0.682. The molecule has 0 saturated carbocycles. The van der Waals surface area contributed by atoms with Gasteiger partial charge in [0.25, 0.3) is 0 Å². The number of hydrogen-bond acceptors (Lipinski definition) is 3. The van der Waals surface area contributed by atoms with Crippen LogP contribution in [0.5, 0.6) is 0 Å². The summed E-state index contributed by atoms with van der Waals surface area (Å²) in [5.41, 5.74) is 2.77. The van der Waals surface area contributed by atoms with Gasteiger partial charge in [-0.3, -0.25) is 4.79 Å². The van der Waals surface area contributed by atoms with Crippen LogP contribution in [0.4, 0.5) is 0 Å². The lowest BCUT2D eigenvalue weighted by Crippen LogP contribution is -2.28. The fourth-order valence-electron chi connectivity index (χ4n) is 3.75. The Hall–Kier alpha value is -2.21. The molecule has 3 aromatic rings. The van der Waals surface area contributed by atoms with E-state index in [1.807, 2.05) is 33.8 Å². The van der Waals surface area contributed by atoms with E-state index in [0.29, 0.717) is 24.7 Å². The minimum Gasteiger partial charge on any atom is -0.323 e. The molecule has 5 nitrogen and oxygen atoms in total. The monoisotopic (exact) mass is 412 g/mol. The van der Waals surface area contributed by atoms with Gasteiger partial charge in [-0.25, -0.2) is 9.67 Å². The lowest BCUT2D eigenvalue weighted by atomic mass is 10.0. The van der Waals surface area contributed by atoms with Crippen LogP contribution in [0.3, 0.4) is 0 Å². The molecule has 26 heavy (non-hydrogen) atoms. The molecule has 0 spiro atoms. The van der Waals surface area contributed by atoms with E-state index >= 15 is 0 Å². The number of nitrogens with zero attached hydrogens (tertiary/aromatic N) is 4. The Morgan fingerprint density at radius 2 is 2.08 bits per heavy atom. The maximum atomic E-state index is 12.4. The van der Waals surface area contributed by atoms with Gasteiger partial charge >= 0.3 is 0 Å². The molecule has 134 valence electrons. The highest BCUT2D eigenvalue weighted by Gasteiger charge is 2.30. The lowest BCUT2D eigenvalue weighted by molar-refractivity contribution is -0.129. The Morgan fingerprint density at radius 1 is 1.27 bits per heavy atom. The fourth-order valence-corrected chi connectivity index (χ4v) is 4.08. The summed E-state index contributed by atoms with van der Waals surface area (Å²) in [6, 6.07) is 12.2. The Bertz CT molecular complexity index is 938. The van der Waals surface area contributed by atoms with Crippen molar-refractivity contribution in [2.45, 2.75) is 32.9 Å². The zero-order chi connectivity index (χ0) is 18.1. The third-order valence-electron chi connectivity index (χ3n) is 4.91. The van der Waals surface area contributed by atoms with Crippen LogP contribution >= 0.6 is 15.9 Å². The number of amides is 1. The van der Waals surface area contributed by atoms with Gasteiger partial charge in [0.2, 0.25) is 5.91 Å². The first kappa shape index (κ1) is 17.2. The molecule has 0 radical (unpaired) electrons. The van der Waals surface area contributed by atoms with Crippen LogP contribution in [-0.2, 0) is 11.5 Å². The van der Waals surface area contributed by atoms with Crippen molar-refractivity contribution in [1.82, 2.24) is 19.7 Å². The Morgan fingerprint density at radius 3 is 2.85 bits per heavy atom. The van der Waals surface area contributed by atoms with E-state index < -0.39 is 0 Å². The third-order valence-corrected chi connectivity index (χ3v) is 5.34. The van der Waals surface area contributed by atoms with Gasteiger partial charge < -0.3 is 4.90 Å². The highest BCUT2D eigenvalue weighted by atomic mass is 79.9. The van der Waals surface area contributed by atoms with Crippen LogP contribution in [0, 0.1) is 5.92 Å². The van der Waals surface area contributed by atoms with Gasteiger partial charge in [-0.05, 0) is 34.3 Å². The molecule has 2 aromatic heterocycles. The summed E-state index contributed by atoms with van der Waals surface area (Å²) in [6.45, 7) is 3.45. The standard InChI is InChI=1S/C20H21BrN4O/c1-2-6-14-9-18(26)24(12-14)13-25-19(15-7-4-3-5-8-15)17-10-16(21)11-22-20(17)23-25/h3-5,7-8,10-11,14H,2,6,9,12-13H2,1H3. The van der Waals surface area contributed by atoms with Gasteiger partial charge in [-0.2, -0.15) is 5.10 Å². The van der Waals surface area contributed by atoms with Crippen molar-refractivity contribution in [2.24, 2.45) is 5.92 Å². The number of fused-ring (bicyclic) bond motifs is 1. The number of aromatic nitrogens is 3. The Kier molecular flexibility index (Phi) is 4.76. The molecule has 6 heteroatoms. The van der Waals surface area contributed by atoms with E-state index in [1.54, 1.807) is 6.20 Å². The van der Waals surface area contributed by atoms with Crippen LogP contribution in [0.2, 0.25) is 0 Å². The molecule has 3 heterocycles. The number of pyridine rings is 1. The van der Waals surface area contributed by atoms with Gasteiger partial charge in [0, 0.05) is 34.6 Å². The largest absolute Gasteiger partial charge is 0.323 e. The van der Waals surface area contributed by atoms with Gasteiger partial charge in [0.05, 0.1) is 5.69 Å². The van der Waals surface area contributed by atoms with Gasteiger partial charge in [0.15, 0.2) is 5.65 Å². The van der Waals surface area contributed by atoms with Crippen LogP contribution in [0.25, 0.3) is 22.3 Å². The average molecular weight is 413 g/mol. The van der Waals surface area contributed by atoms with Crippen molar-refractivity contribution >= 4 is 32.9 Å². The quantitative estimate of drug-likeness (QED) is 0.620. The normalized spacial score (nSPS) is 17.4. The number of rotatable bonds is 5. The van der Waals surface area contributed by atoms with Gasteiger partial charge in [0.1, 0.15) is 6.67 Å². The number of halogens is 1. The van der Waals surface area contributed by atoms with Crippen LogP contribution in [-0.4, -0.2) is 32.1 Å². The predicted octanol–water partition coefficient (Wildman–Crippen LogP) is 4.47. The summed E-state index contributed by atoms with van der Waals surface area (Å²) < 4.78 is 2.84. The van der Waals surface area contributed by atoms with E-state index in [-0.39, 0.29) is 5.91 Å².